The fraction of sp³-hybridized carbons (Fsp3) is 0.158. The number of benzene rings is 2. The lowest BCUT2D eigenvalue weighted by molar-refractivity contribution is -0.384. The molecule has 8 nitrogen and oxygen atoms in total. The van der Waals surface area contributed by atoms with Gasteiger partial charge in [-0.1, -0.05) is 12.1 Å². The Kier molecular flexibility index (Phi) is 5.74. The van der Waals surface area contributed by atoms with Crippen LogP contribution in [0.15, 0.2) is 59.3 Å². The third-order valence-electron chi connectivity index (χ3n) is 3.94. The molecule has 0 saturated heterocycles. The predicted octanol–water partition coefficient (Wildman–Crippen LogP) is 4.85. The van der Waals surface area contributed by atoms with Crippen LogP contribution in [0.4, 0.5) is 11.4 Å². The van der Waals surface area contributed by atoms with E-state index in [0.717, 1.165) is 10.0 Å². The Labute approximate surface area is 169 Å². The van der Waals surface area contributed by atoms with Crippen molar-refractivity contribution in [2.75, 3.05) is 5.32 Å². The first kappa shape index (κ1) is 19.6. The molecule has 1 aromatic heterocycles. The molecule has 0 bridgehead atoms. The number of nitro groups is 1. The van der Waals surface area contributed by atoms with Crippen LogP contribution in [0, 0.1) is 17.0 Å². The summed E-state index contributed by atoms with van der Waals surface area (Å²) in [5.74, 6) is 0.440. The molecule has 0 saturated carbocycles. The molecule has 3 rings (SSSR count). The van der Waals surface area contributed by atoms with E-state index in [1.54, 1.807) is 31.5 Å². The minimum Gasteiger partial charge on any atom is -0.457 e. The van der Waals surface area contributed by atoms with E-state index in [0.29, 0.717) is 5.75 Å². The Morgan fingerprint density at radius 1 is 1.29 bits per heavy atom. The molecule has 28 heavy (non-hydrogen) atoms. The van der Waals surface area contributed by atoms with E-state index in [9.17, 15) is 14.9 Å². The van der Waals surface area contributed by atoms with Crippen molar-refractivity contribution in [3.05, 3.63) is 75.0 Å². The SMILES string of the molecule is Cc1cccc(Oc2cc(NC(=O)C(C)n3cc(Br)cn3)cc([N+](=O)[O-])c2)c1. The van der Waals surface area contributed by atoms with E-state index < -0.39 is 11.0 Å². The molecule has 1 unspecified atom stereocenters. The number of aromatic nitrogens is 2. The molecule has 1 atom stereocenters. The minimum atomic E-state index is -0.605. The molecule has 0 aliphatic heterocycles. The van der Waals surface area contributed by atoms with E-state index in [4.69, 9.17) is 4.74 Å². The van der Waals surface area contributed by atoms with Crippen molar-refractivity contribution in [2.45, 2.75) is 19.9 Å². The van der Waals surface area contributed by atoms with Crippen LogP contribution in [0.5, 0.6) is 11.5 Å². The van der Waals surface area contributed by atoms with Gasteiger partial charge in [0.15, 0.2) is 0 Å². The number of rotatable bonds is 6. The second-order valence-electron chi connectivity index (χ2n) is 6.20. The van der Waals surface area contributed by atoms with Crippen LogP contribution in [0.3, 0.4) is 0 Å². The number of nitrogens with zero attached hydrogens (tertiary/aromatic N) is 3. The highest BCUT2D eigenvalue weighted by Crippen LogP contribution is 2.30. The van der Waals surface area contributed by atoms with E-state index in [1.807, 2.05) is 25.1 Å². The van der Waals surface area contributed by atoms with Gasteiger partial charge in [0.25, 0.3) is 5.69 Å². The van der Waals surface area contributed by atoms with Crippen molar-refractivity contribution in [2.24, 2.45) is 0 Å². The maximum Gasteiger partial charge on any atom is 0.275 e. The number of anilines is 1. The minimum absolute atomic E-state index is 0.185. The number of carbonyl (C=O) groups is 1. The number of halogens is 1. The molecular weight excluding hydrogens is 428 g/mol. The fourth-order valence-electron chi connectivity index (χ4n) is 2.53. The Balaban J connectivity index is 1.84. The predicted molar refractivity (Wildman–Crippen MR) is 108 cm³/mol. The van der Waals surface area contributed by atoms with Gasteiger partial charge in [0.2, 0.25) is 5.91 Å². The van der Waals surface area contributed by atoms with Crippen LogP contribution >= 0.6 is 15.9 Å². The molecule has 0 fully saturated rings. The zero-order chi connectivity index (χ0) is 20.3. The molecule has 1 heterocycles. The lowest BCUT2D eigenvalue weighted by Crippen LogP contribution is -2.24. The third-order valence-corrected chi connectivity index (χ3v) is 4.35. The van der Waals surface area contributed by atoms with Gasteiger partial charge in [0, 0.05) is 18.3 Å². The second kappa shape index (κ2) is 8.22. The van der Waals surface area contributed by atoms with Crippen LogP contribution in [-0.4, -0.2) is 20.6 Å². The summed E-state index contributed by atoms with van der Waals surface area (Å²) >= 11 is 3.28. The Bertz CT molecular complexity index is 1030. The number of amides is 1. The Hall–Kier alpha value is -3.20. The normalized spacial score (nSPS) is 11.7. The zero-order valence-corrected chi connectivity index (χ0v) is 16.7. The van der Waals surface area contributed by atoms with Gasteiger partial charge in [0.05, 0.1) is 27.3 Å². The van der Waals surface area contributed by atoms with Gasteiger partial charge in [-0.15, -0.1) is 0 Å². The summed E-state index contributed by atoms with van der Waals surface area (Å²) in [4.78, 5) is 23.3. The molecule has 3 aromatic rings. The summed E-state index contributed by atoms with van der Waals surface area (Å²) in [6.07, 6.45) is 3.24. The highest BCUT2D eigenvalue weighted by Gasteiger charge is 2.18. The molecular formula is C19H17BrN4O4. The van der Waals surface area contributed by atoms with Crippen LogP contribution in [0.2, 0.25) is 0 Å². The lowest BCUT2D eigenvalue weighted by atomic mass is 10.2. The summed E-state index contributed by atoms with van der Waals surface area (Å²) in [6, 6.07) is 10.8. The molecule has 0 radical (unpaired) electrons. The second-order valence-corrected chi connectivity index (χ2v) is 7.11. The topological polar surface area (TPSA) is 99.3 Å². The van der Waals surface area contributed by atoms with E-state index in [-0.39, 0.29) is 23.0 Å². The van der Waals surface area contributed by atoms with Crippen molar-refractivity contribution in [3.8, 4) is 11.5 Å². The number of nitrogens with one attached hydrogen (secondary N) is 1. The Morgan fingerprint density at radius 3 is 2.71 bits per heavy atom. The quantitative estimate of drug-likeness (QED) is 0.432. The van der Waals surface area contributed by atoms with Crippen LogP contribution in [0.1, 0.15) is 18.5 Å². The van der Waals surface area contributed by atoms with Crippen molar-refractivity contribution < 1.29 is 14.5 Å². The molecule has 9 heteroatoms. The van der Waals surface area contributed by atoms with Crippen molar-refractivity contribution >= 4 is 33.2 Å². The maximum atomic E-state index is 12.5. The monoisotopic (exact) mass is 444 g/mol. The highest BCUT2D eigenvalue weighted by atomic mass is 79.9. The van der Waals surface area contributed by atoms with Gasteiger partial charge < -0.3 is 10.1 Å². The molecule has 1 N–H and O–H groups in total. The first-order valence-corrected chi connectivity index (χ1v) is 9.15. The highest BCUT2D eigenvalue weighted by molar-refractivity contribution is 9.10. The number of non-ortho nitro benzene ring substituents is 1. The van der Waals surface area contributed by atoms with Gasteiger partial charge in [-0.3, -0.25) is 19.6 Å². The van der Waals surface area contributed by atoms with Crippen molar-refractivity contribution in [1.82, 2.24) is 9.78 Å². The van der Waals surface area contributed by atoms with Crippen LogP contribution < -0.4 is 10.1 Å². The summed E-state index contributed by atoms with van der Waals surface area (Å²) in [5.41, 5.74) is 1.07. The van der Waals surface area contributed by atoms with Gasteiger partial charge in [-0.2, -0.15) is 5.10 Å². The number of aryl methyl sites for hydroxylation is 1. The van der Waals surface area contributed by atoms with Crippen molar-refractivity contribution in [3.63, 3.8) is 0 Å². The van der Waals surface area contributed by atoms with Crippen LogP contribution in [0.25, 0.3) is 0 Å². The number of carbonyl (C=O) groups excluding carboxylic acids is 1. The number of hydrogen-bond donors (Lipinski definition) is 1. The Morgan fingerprint density at radius 2 is 2.07 bits per heavy atom. The number of ether oxygens (including phenoxy) is 1. The van der Waals surface area contributed by atoms with Gasteiger partial charge in [-0.25, -0.2) is 0 Å². The van der Waals surface area contributed by atoms with Gasteiger partial charge in [-0.05, 0) is 47.5 Å². The van der Waals surface area contributed by atoms with Gasteiger partial charge in [0.1, 0.15) is 17.5 Å². The average Bonchev–Trinajstić information content (AvgIpc) is 3.07. The standard InChI is InChI=1S/C19H17BrN4O4/c1-12-4-3-5-17(6-12)28-18-8-15(7-16(9-18)24(26)27)22-19(25)13(2)23-11-14(20)10-21-23/h3-11,13H,1-2H3,(H,22,25). The van der Waals surface area contributed by atoms with Gasteiger partial charge >= 0.3 is 0 Å². The molecule has 0 aliphatic carbocycles. The molecule has 144 valence electrons. The van der Waals surface area contributed by atoms with E-state index >= 15 is 0 Å². The first-order chi connectivity index (χ1) is 13.3. The summed E-state index contributed by atoms with van der Waals surface area (Å²) in [6.45, 7) is 3.59. The number of nitro benzene ring substituents is 1. The van der Waals surface area contributed by atoms with Crippen LogP contribution in [-0.2, 0) is 4.79 Å². The molecule has 1 amide bonds. The molecule has 2 aromatic carbocycles. The average molecular weight is 445 g/mol. The molecule has 0 spiro atoms. The van der Waals surface area contributed by atoms with E-state index in [2.05, 4.69) is 26.3 Å². The van der Waals surface area contributed by atoms with Crippen molar-refractivity contribution in [1.29, 1.82) is 0 Å². The fourth-order valence-corrected chi connectivity index (χ4v) is 2.83. The molecule has 0 aliphatic rings. The smallest absolute Gasteiger partial charge is 0.275 e. The third kappa shape index (κ3) is 4.74. The summed E-state index contributed by atoms with van der Waals surface area (Å²) in [7, 11) is 0. The summed E-state index contributed by atoms with van der Waals surface area (Å²) < 4.78 is 7.97. The largest absolute Gasteiger partial charge is 0.457 e. The number of hydrogen-bond acceptors (Lipinski definition) is 5. The first-order valence-electron chi connectivity index (χ1n) is 8.36. The summed E-state index contributed by atoms with van der Waals surface area (Å²) in [5, 5.41) is 18.0. The van der Waals surface area contributed by atoms with E-state index in [1.165, 1.54) is 16.8 Å². The zero-order valence-electron chi connectivity index (χ0n) is 15.1. The lowest BCUT2D eigenvalue weighted by Gasteiger charge is -2.14. The maximum absolute atomic E-state index is 12.5.